The van der Waals surface area contributed by atoms with Gasteiger partial charge in [-0.25, -0.2) is 0 Å². The number of amides is 3. The molecule has 0 aliphatic carbocycles. The van der Waals surface area contributed by atoms with E-state index in [0.29, 0.717) is 17.0 Å². The highest BCUT2D eigenvalue weighted by Crippen LogP contribution is 2.28. The van der Waals surface area contributed by atoms with Crippen molar-refractivity contribution in [1.29, 1.82) is 0 Å². The summed E-state index contributed by atoms with van der Waals surface area (Å²) >= 11 is 0. The average Bonchev–Trinajstić information content (AvgIpc) is 3.08. The van der Waals surface area contributed by atoms with Gasteiger partial charge in [0.05, 0.1) is 28.8 Å². The second kappa shape index (κ2) is 8.91. The number of benzene rings is 3. The van der Waals surface area contributed by atoms with Gasteiger partial charge in [-0.15, -0.1) is 0 Å². The first-order valence-electron chi connectivity index (χ1n) is 10.0. The second-order valence-corrected chi connectivity index (χ2v) is 7.36. The molecule has 0 saturated heterocycles. The number of hydrogen-bond acceptors (Lipinski definition) is 6. The van der Waals surface area contributed by atoms with Gasteiger partial charge in [0.15, 0.2) is 0 Å². The number of imide groups is 1. The minimum absolute atomic E-state index is 0.0234. The van der Waals surface area contributed by atoms with E-state index in [1.165, 1.54) is 43.5 Å². The molecule has 0 aromatic heterocycles. The number of para-hydroxylation sites is 2. The first-order chi connectivity index (χ1) is 15.9. The number of rotatable bonds is 7. The topological polar surface area (TPSA) is 119 Å². The smallest absolute Gasteiger partial charge is 0.269 e. The Morgan fingerprint density at radius 3 is 2.12 bits per heavy atom. The zero-order valence-electron chi connectivity index (χ0n) is 17.6. The predicted molar refractivity (Wildman–Crippen MR) is 119 cm³/mol. The van der Waals surface area contributed by atoms with Crippen molar-refractivity contribution in [2.75, 3.05) is 12.4 Å². The van der Waals surface area contributed by atoms with E-state index in [1.54, 1.807) is 36.4 Å². The Morgan fingerprint density at radius 2 is 1.55 bits per heavy atom. The number of methoxy groups -OCH3 is 1. The van der Waals surface area contributed by atoms with E-state index in [2.05, 4.69) is 5.32 Å². The Bertz CT molecular complexity index is 1220. The lowest BCUT2D eigenvalue weighted by Gasteiger charge is -2.26. The molecule has 1 atom stereocenters. The normalized spacial score (nSPS) is 13.4. The molecule has 0 radical (unpaired) electrons. The molecule has 1 aliphatic heterocycles. The molecule has 33 heavy (non-hydrogen) atoms. The molecule has 0 fully saturated rings. The van der Waals surface area contributed by atoms with Crippen LogP contribution in [0.15, 0.2) is 72.8 Å². The predicted octanol–water partition coefficient (Wildman–Crippen LogP) is 3.45. The van der Waals surface area contributed by atoms with Gasteiger partial charge >= 0.3 is 0 Å². The standard InChI is InChI=1S/C24H19N3O6/c1-33-21-9-5-4-8-19(21)25-22(28)20(14-15-10-12-16(13-11-15)27(31)32)26-23(29)17-6-2-3-7-18(17)24(26)30/h2-13,20H,14H2,1H3,(H,25,28). The summed E-state index contributed by atoms with van der Waals surface area (Å²) in [6.07, 6.45) is -0.0234. The van der Waals surface area contributed by atoms with Crippen molar-refractivity contribution in [2.24, 2.45) is 0 Å². The molecule has 3 aromatic carbocycles. The number of nitrogens with zero attached hydrogens (tertiary/aromatic N) is 2. The van der Waals surface area contributed by atoms with Crippen molar-refractivity contribution >= 4 is 29.1 Å². The highest BCUT2D eigenvalue weighted by Gasteiger charge is 2.42. The lowest BCUT2D eigenvalue weighted by Crippen LogP contribution is -2.48. The van der Waals surface area contributed by atoms with E-state index < -0.39 is 28.7 Å². The highest BCUT2D eigenvalue weighted by molar-refractivity contribution is 6.23. The molecule has 9 heteroatoms. The van der Waals surface area contributed by atoms with Crippen LogP contribution in [0.5, 0.6) is 5.75 Å². The number of non-ortho nitro benzene ring substituents is 1. The van der Waals surface area contributed by atoms with Crippen LogP contribution >= 0.6 is 0 Å². The first-order valence-corrected chi connectivity index (χ1v) is 10.0. The van der Waals surface area contributed by atoms with Gasteiger partial charge in [-0.3, -0.25) is 29.4 Å². The van der Waals surface area contributed by atoms with E-state index in [4.69, 9.17) is 4.74 Å². The highest BCUT2D eigenvalue weighted by atomic mass is 16.6. The number of nitrogens with one attached hydrogen (secondary N) is 1. The number of carbonyl (C=O) groups is 3. The number of fused-ring (bicyclic) bond motifs is 1. The minimum atomic E-state index is -1.19. The van der Waals surface area contributed by atoms with Crippen LogP contribution in [0.3, 0.4) is 0 Å². The van der Waals surface area contributed by atoms with Gasteiger partial charge in [0.25, 0.3) is 17.5 Å². The summed E-state index contributed by atoms with van der Waals surface area (Å²) in [5.41, 5.74) is 1.28. The SMILES string of the molecule is COc1ccccc1NC(=O)C(Cc1ccc([N+](=O)[O-])cc1)N1C(=O)c2ccccc2C1=O. The van der Waals surface area contributed by atoms with Gasteiger partial charge in [-0.2, -0.15) is 0 Å². The van der Waals surface area contributed by atoms with Crippen molar-refractivity contribution in [3.05, 3.63) is 99.6 Å². The second-order valence-electron chi connectivity index (χ2n) is 7.36. The molecule has 166 valence electrons. The van der Waals surface area contributed by atoms with Crippen molar-refractivity contribution in [3.8, 4) is 5.75 Å². The Morgan fingerprint density at radius 1 is 0.970 bits per heavy atom. The van der Waals surface area contributed by atoms with Crippen LogP contribution in [-0.4, -0.2) is 40.7 Å². The van der Waals surface area contributed by atoms with E-state index in [0.717, 1.165) is 4.90 Å². The molecule has 0 spiro atoms. The molecule has 0 saturated carbocycles. The molecule has 3 amide bonds. The molecule has 1 unspecified atom stereocenters. The van der Waals surface area contributed by atoms with Crippen molar-refractivity contribution in [2.45, 2.75) is 12.5 Å². The largest absolute Gasteiger partial charge is 0.495 e. The summed E-state index contributed by atoms with van der Waals surface area (Å²) in [5, 5.41) is 13.7. The van der Waals surface area contributed by atoms with Gasteiger partial charge in [-0.05, 0) is 29.8 Å². The fraction of sp³-hybridized carbons (Fsp3) is 0.125. The average molecular weight is 445 g/mol. The molecular weight excluding hydrogens is 426 g/mol. The zero-order chi connectivity index (χ0) is 23.5. The summed E-state index contributed by atoms with van der Waals surface area (Å²) in [4.78, 5) is 50.9. The molecule has 4 rings (SSSR count). The number of carbonyl (C=O) groups excluding carboxylic acids is 3. The van der Waals surface area contributed by atoms with Crippen LogP contribution in [0.1, 0.15) is 26.3 Å². The van der Waals surface area contributed by atoms with Crippen LogP contribution in [0.4, 0.5) is 11.4 Å². The summed E-state index contributed by atoms with van der Waals surface area (Å²) in [6, 6.07) is 17.6. The maximum absolute atomic E-state index is 13.4. The summed E-state index contributed by atoms with van der Waals surface area (Å²) in [7, 11) is 1.46. The third-order valence-electron chi connectivity index (χ3n) is 5.38. The number of nitro groups is 1. The number of anilines is 1. The summed E-state index contributed by atoms with van der Waals surface area (Å²) in [5.74, 6) is -1.31. The van der Waals surface area contributed by atoms with Crippen molar-refractivity contribution in [3.63, 3.8) is 0 Å². The van der Waals surface area contributed by atoms with Gasteiger partial charge in [0, 0.05) is 18.6 Å². The number of nitro benzene ring substituents is 1. The zero-order valence-corrected chi connectivity index (χ0v) is 17.6. The first kappa shape index (κ1) is 21.7. The Labute approximate surface area is 188 Å². The fourth-order valence-corrected chi connectivity index (χ4v) is 3.73. The number of hydrogen-bond donors (Lipinski definition) is 1. The molecule has 3 aromatic rings. The Kier molecular flexibility index (Phi) is 5.86. The van der Waals surface area contributed by atoms with Crippen molar-refractivity contribution in [1.82, 2.24) is 4.90 Å². The third kappa shape index (κ3) is 4.16. The van der Waals surface area contributed by atoms with Crippen LogP contribution in [0.25, 0.3) is 0 Å². The maximum atomic E-state index is 13.4. The molecule has 1 heterocycles. The van der Waals surface area contributed by atoms with Crippen molar-refractivity contribution < 1.29 is 24.0 Å². The monoisotopic (exact) mass is 445 g/mol. The third-order valence-corrected chi connectivity index (χ3v) is 5.38. The van der Waals surface area contributed by atoms with E-state index >= 15 is 0 Å². The van der Waals surface area contributed by atoms with Gasteiger partial charge < -0.3 is 10.1 Å². The van der Waals surface area contributed by atoms with Gasteiger partial charge in [-0.1, -0.05) is 36.4 Å². The van der Waals surface area contributed by atoms with E-state index in [-0.39, 0.29) is 23.2 Å². The van der Waals surface area contributed by atoms with Crippen LogP contribution in [0, 0.1) is 10.1 Å². The lowest BCUT2D eigenvalue weighted by molar-refractivity contribution is -0.384. The van der Waals surface area contributed by atoms with Crippen LogP contribution in [-0.2, 0) is 11.2 Å². The van der Waals surface area contributed by atoms with Crippen LogP contribution in [0.2, 0.25) is 0 Å². The van der Waals surface area contributed by atoms with E-state index in [9.17, 15) is 24.5 Å². The summed E-state index contributed by atoms with van der Waals surface area (Å²) in [6.45, 7) is 0. The number of ether oxygens (including phenoxy) is 1. The van der Waals surface area contributed by atoms with Gasteiger partial charge in [0.2, 0.25) is 5.91 Å². The van der Waals surface area contributed by atoms with E-state index in [1.807, 2.05) is 0 Å². The lowest BCUT2D eigenvalue weighted by atomic mass is 10.0. The quantitative estimate of drug-likeness (QED) is 0.338. The Balaban J connectivity index is 1.69. The maximum Gasteiger partial charge on any atom is 0.269 e. The molecule has 1 N–H and O–H groups in total. The minimum Gasteiger partial charge on any atom is -0.495 e. The van der Waals surface area contributed by atoms with Crippen LogP contribution < -0.4 is 10.1 Å². The molecule has 9 nitrogen and oxygen atoms in total. The summed E-state index contributed by atoms with van der Waals surface area (Å²) < 4.78 is 5.27. The molecule has 1 aliphatic rings. The van der Waals surface area contributed by atoms with Gasteiger partial charge in [0.1, 0.15) is 11.8 Å². The fourth-order valence-electron chi connectivity index (χ4n) is 3.73. The molecular formula is C24H19N3O6. The Hall–Kier alpha value is -4.53. The molecule has 0 bridgehead atoms.